The number of carbonyl (C=O) groups is 2. The minimum absolute atomic E-state index is 0.0139. The van der Waals surface area contributed by atoms with Crippen LogP contribution in [0.25, 0.3) is 10.1 Å². The Morgan fingerprint density at radius 3 is 2.48 bits per heavy atom. The zero-order valence-electron chi connectivity index (χ0n) is 14.0. The highest BCUT2D eigenvalue weighted by molar-refractivity contribution is 7.17. The van der Waals surface area contributed by atoms with Gasteiger partial charge in [0, 0.05) is 30.3 Å². The third-order valence-corrected chi connectivity index (χ3v) is 4.88. The Balaban J connectivity index is 1.53. The molecular weight excluding hydrogens is 332 g/mol. The van der Waals surface area contributed by atoms with Crippen molar-refractivity contribution in [3.8, 4) is 0 Å². The SMILES string of the molecule is CC(=O)NCCc1ccc(CNC(=O)c2ccc3sccc3c2)cc1. The lowest BCUT2D eigenvalue weighted by Gasteiger charge is -2.07. The highest BCUT2D eigenvalue weighted by Crippen LogP contribution is 2.21. The molecule has 128 valence electrons. The summed E-state index contributed by atoms with van der Waals surface area (Å²) in [6.07, 6.45) is 0.798. The van der Waals surface area contributed by atoms with Crippen molar-refractivity contribution in [2.45, 2.75) is 19.9 Å². The Hall–Kier alpha value is -2.66. The van der Waals surface area contributed by atoms with Crippen molar-refractivity contribution in [2.75, 3.05) is 6.54 Å². The number of hydrogen-bond acceptors (Lipinski definition) is 3. The Labute approximate surface area is 150 Å². The molecule has 1 aromatic heterocycles. The molecular formula is C20H20N2O2S. The fourth-order valence-corrected chi connectivity index (χ4v) is 3.37. The molecule has 3 aromatic rings. The molecule has 0 aliphatic heterocycles. The number of amides is 2. The van der Waals surface area contributed by atoms with Gasteiger partial charge >= 0.3 is 0 Å². The van der Waals surface area contributed by atoms with Gasteiger partial charge in [0.25, 0.3) is 5.91 Å². The predicted octanol–water partition coefficient (Wildman–Crippen LogP) is 3.51. The van der Waals surface area contributed by atoms with Crippen LogP contribution in [0.5, 0.6) is 0 Å². The molecule has 25 heavy (non-hydrogen) atoms. The summed E-state index contributed by atoms with van der Waals surface area (Å²) in [5.41, 5.74) is 2.89. The molecule has 2 aromatic carbocycles. The molecule has 2 N–H and O–H groups in total. The maximum absolute atomic E-state index is 12.3. The van der Waals surface area contributed by atoms with Crippen LogP contribution in [0.1, 0.15) is 28.4 Å². The number of nitrogens with one attached hydrogen (secondary N) is 2. The van der Waals surface area contributed by atoms with Crippen LogP contribution in [-0.4, -0.2) is 18.4 Å². The summed E-state index contributed by atoms with van der Waals surface area (Å²) in [5.74, 6) is -0.0807. The van der Waals surface area contributed by atoms with Gasteiger partial charge in [-0.05, 0) is 52.6 Å². The van der Waals surface area contributed by atoms with Crippen LogP contribution in [0.2, 0.25) is 0 Å². The molecule has 3 rings (SSSR count). The lowest BCUT2D eigenvalue weighted by molar-refractivity contribution is -0.118. The second-order valence-corrected chi connectivity index (χ2v) is 6.85. The smallest absolute Gasteiger partial charge is 0.251 e. The largest absolute Gasteiger partial charge is 0.356 e. The fraction of sp³-hybridized carbons (Fsp3) is 0.200. The van der Waals surface area contributed by atoms with Crippen LogP contribution in [-0.2, 0) is 17.8 Å². The Bertz CT molecular complexity index is 884. The van der Waals surface area contributed by atoms with Crippen molar-refractivity contribution < 1.29 is 9.59 Å². The lowest BCUT2D eigenvalue weighted by Crippen LogP contribution is -2.23. The van der Waals surface area contributed by atoms with Gasteiger partial charge in [0.15, 0.2) is 0 Å². The van der Waals surface area contributed by atoms with Gasteiger partial charge in [0.1, 0.15) is 0 Å². The van der Waals surface area contributed by atoms with Crippen molar-refractivity contribution in [2.24, 2.45) is 0 Å². The second kappa shape index (κ2) is 7.94. The summed E-state index contributed by atoms with van der Waals surface area (Å²) in [6, 6.07) is 15.9. The van der Waals surface area contributed by atoms with E-state index in [4.69, 9.17) is 0 Å². The van der Waals surface area contributed by atoms with E-state index >= 15 is 0 Å². The molecule has 1 heterocycles. The third kappa shape index (κ3) is 4.67. The Morgan fingerprint density at radius 2 is 1.72 bits per heavy atom. The van der Waals surface area contributed by atoms with Gasteiger partial charge in [-0.1, -0.05) is 24.3 Å². The van der Waals surface area contributed by atoms with Gasteiger partial charge < -0.3 is 10.6 Å². The first-order valence-electron chi connectivity index (χ1n) is 8.19. The quantitative estimate of drug-likeness (QED) is 0.713. The van der Waals surface area contributed by atoms with E-state index < -0.39 is 0 Å². The molecule has 0 bridgehead atoms. The number of hydrogen-bond donors (Lipinski definition) is 2. The molecule has 0 radical (unpaired) electrons. The monoisotopic (exact) mass is 352 g/mol. The maximum atomic E-state index is 12.3. The van der Waals surface area contributed by atoms with E-state index in [1.807, 2.05) is 53.9 Å². The first kappa shape index (κ1) is 17.2. The van der Waals surface area contributed by atoms with Crippen LogP contribution < -0.4 is 10.6 Å². The number of carbonyl (C=O) groups excluding carboxylic acids is 2. The molecule has 0 fully saturated rings. The number of fused-ring (bicyclic) bond motifs is 1. The first-order chi connectivity index (χ1) is 12.1. The van der Waals surface area contributed by atoms with Crippen molar-refractivity contribution >= 4 is 33.2 Å². The van der Waals surface area contributed by atoms with E-state index in [1.54, 1.807) is 11.3 Å². The Morgan fingerprint density at radius 1 is 0.960 bits per heavy atom. The average molecular weight is 352 g/mol. The van der Waals surface area contributed by atoms with Crippen molar-refractivity contribution in [3.05, 3.63) is 70.6 Å². The van der Waals surface area contributed by atoms with Crippen LogP contribution >= 0.6 is 11.3 Å². The highest BCUT2D eigenvalue weighted by Gasteiger charge is 2.07. The lowest BCUT2D eigenvalue weighted by atomic mass is 10.1. The van der Waals surface area contributed by atoms with E-state index in [2.05, 4.69) is 10.6 Å². The minimum atomic E-state index is -0.0668. The molecule has 4 nitrogen and oxygen atoms in total. The second-order valence-electron chi connectivity index (χ2n) is 5.91. The molecule has 0 saturated heterocycles. The van der Waals surface area contributed by atoms with Gasteiger partial charge in [0.2, 0.25) is 5.91 Å². The standard InChI is InChI=1S/C20H20N2O2S/c1-14(23)21-10-8-15-2-4-16(5-3-15)13-22-20(24)18-6-7-19-17(12-18)9-11-25-19/h2-7,9,11-12H,8,10,13H2,1H3,(H,21,23)(H,22,24). The third-order valence-electron chi connectivity index (χ3n) is 3.98. The summed E-state index contributed by atoms with van der Waals surface area (Å²) in [5, 5.41) is 8.87. The van der Waals surface area contributed by atoms with Gasteiger partial charge in [-0.25, -0.2) is 0 Å². The van der Waals surface area contributed by atoms with Crippen LogP contribution in [0.3, 0.4) is 0 Å². The summed E-state index contributed by atoms with van der Waals surface area (Å²) >= 11 is 1.67. The molecule has 0 aliphatic rings. The van der Waals surface area contributed by atoms with Gasteiger partial charge in [-0.3, -0.25) is 9.59 Å². The number of benzene rings is 2. The first-order valence-corrected chi connectivity index (χ1v) is 9.07. The van der Waals surface area contributed by atoms with Gasteiger partial charge in [0.05, 0.1) is 0 Å². The highest BCUT2D eigenvalue weighted by atomic mass is 32.1. The molecule has 0 aliphatic carbocycles. The molecule has 0 saturated carbocycles. The maximum Gasteiger partial charge on any atom is 0.251 e. The summed E-state index contributed by atoms with van der Waals surface area (Å²) in [6.45, 7) is 2.64. The van der Waals surface area contributed by atoms with Crippen LogP contribution in [0, 0.1) is 0 Å². The van der Waals surface area contributed by atoms with Crippen LogP contribution in [0.4, 0.5) is 0 Å². The fourth-order valence-electron chi connectivity index (χ4n) is 2.60. The normalized spacial score (nSPS) is 10.6. The van der Waals surface area contributed by atoms with E-state index in [9.17, 15) is 9.59 Å². The summed E-state index contributed by atoms with van der Waals surface area (Å²) in [7, 11) is 0. The number of thiophene rings is 1. The van der Waals surface area contributed by atoms with Crippen molar-refractivity contribution in [1.82, 2.24) is 10.6 Å². The Kier molecular flexibility index (Phi) is 5.46. The summed E-state index contributed by atoms with van der Waals surface area (Å²) in [4.78, 5) is 23.2. The van der Waals surface area contributed by atoms with Gasteiger partial charge in [-0.15, -0.1) is 11.3 Å². The molecule has 0 spiro atoms. The number of rotatable bonds is 6. The minimum Gasteiger partial charge on any atom is -0.356 e. The zero-order chi connectivity index (χ0) is 17.6. The average Bonchev–Trinajstić information content (AvgIpc) is 3.08. The molecule has 2 amide bonds. The van der Waals surface area contributed by atoms with Gasteiger partial charge in [-0.2, -0.15) is 0 Å². The van der Waals surface area contributed by atoms with E-state index in [-0.39, 0.29) is 11.8 Å². The van der Waals surface area contributed by atoms with E-state index in [1.165, 1.54) is 11.6 Å². The van der Waals surface area contributed by atoms with E-state index in [0.29, 0.717) is 18.7 Å². The predicted molar refractivity (Wildman–Crippen MR) is 102 cm³/mol. The van der Waals surface area contributed by atoms with Crippen molar-refractivity contribution in [1.29, 1.82) is 0 Å². The summed E-state index contributed by atoms with van der Waals surface area (Å²) < 4.78 is 1.19. The van der Waals surface area contributed by atoms with Crippen LogP contribution in [0.15, 0.2) is 53.9 Å². The topological polar surface area (TPSA) is 58.2 Å². The molecule has 5 heteroatoms. The molecule has 0 unspecified atom stereocenters. The van der Waals surface area contributed by atoms with E-state index in [0.717, 1.165) is 22.9 Å². The van der Waals surface area contributed by atoms with Crippen molar-refractivity contribution in [3.63, 3.8) is 0 Å². The molecule has 0 atom stereocenters. The zero-order valence-corrected chi connectivity index (χ0v) is 14.9.